The number of aliphatic imine (C=N–C) groups is 1. The topological polar surface area (TPSA) is 30.9 Å². The molecule has 0 spiro atoms. The lowest BCUT2D eigenvalue weighted by molar-refractivity contribution is 0.313. The minimum absolute atomic E-state index is 0. The number of hydrogen-bond donors (Lipinski definition) is 1. The van der Waals surface area contributed by atoms with Gasteiger partial charge in [-0.05, 0) is 49.3 Å². The SMILES string of the molecule is CN=C(NCC1CCN(C2CC2)C1)N1CC=C(c2ccccc2)CC1.I. The summed E-state index contributed by atoms with van der Waals surface area (Å²) in [7, 11) is 1.91. The Balaban J connectivity index is 0.00000196. The quantitative estimate of drug-likeness (QED) is 0.419. The van der Waals surface area contributed by atoms with Gasteiger partial charge in [0, 0.05) is 39.3 Å². The molecule has 2 heterocycles. The fourth-order valence-electron chi connectivity index (χ4n) is 4.14. The average Bonchev–Trinajstić information content (AvgIpc) is 3.42. The van der Waals surface area contributed by atoms with E-state index in [2.05, 4.69) is 56.5 Å². The fraction of sp³-hybridized carbons (Fsp3) is 0.571. The highest BCUT2D eigenvalue weighted by Gasteiger charge is 2.34. The molecular formula is C21H31IN4. The van der Waals surface area contributed by atoms with Crippen molar-refractivity contribution in [2.75, 3.05) is 39.8 Å². The number of likely N-dealkylation sites (tertiary alicyclic amines) is 1. The highest BCUT2D eigenvalue weighted by atomic mass is 127. The van der Waals surface area contributed by atoms with E-state index in [1.165, 1.54) is 43.5 Å². The monoisotopic (exact) mass is 466 g/mol. The van der Waals surface area contributed by atoms with Crippen LogP contribution in [0, 0.1) is 5.92 Å². The molecule has 1 aromatic rings. The summed E-state index contributed by atoms with van der Waals surface area (Å²) in [6.45, 7) is 5.61. The largest absolute Gasteiger partial charge is 0.356 e. The number of benzene rings is 1. The first-order valence-electron chi connectivity index (χ1n) is 9.77. The lowest BCUT2D eigenvalue weighted by Gasteiger charge is -2.30. The van der Waals surface area contributed by atoms with Crippen LogP contribution in [0.4, 0.5) is 0 Å². The van der Waals surface area contributed by atoms with Gasteiger partial charge in [-0.2, -0.15) is 0 Å². The molecule has 0 radical (unpaired) electrons. The third-order valence-electron chi connectivity index (χ3n) is 5.79. The molecule has 0 amide bonds. The van der Waals surface area contributed by atoms with Gasteiger partial charge in [0.15, 0.2) is 5.96 Å². The van der Waals surface area contributed by atoms with Crippen LogP contribution >= 0.6 is 24.0 Å². The first-order valence-corrected chi connectivity index (χ1v) is 9.77. The lowest BCUT2D eigenvalue weighted by atomic mass is 10.00. The summed E-state index contributed by atoms with van der Waals surface area (Å²) >= 11 is 0. The number of rotatable bonds is 4. The first-order chi connectivity index (χ1) is 12.3. The van der Waals surface area contributed by atoms with Crippen molar-refractivity contribution in [2.24, 2.45) is 10.9 Å². The second-order valence-corrected chi connectivity index (χ2v) is 7.60. The zero-order chi connectivity index (χ0) is 17.1. The fourth-order valence-corrected chi connectivity index (χ4v) is 4.14. The van der Waals surface area contributed by atoms with Crippen LogP contribution < -0.4 is 5.32 Å². The van der Waals surface area contributed by atoms with E-state index in [9.17, 15) is 0 Å². The molecule has 142 valence electrons. The van der Waals surface area contributed by atoms with Crippen LogP contribution in [0.1, 0.15) is 31.2 Å². The van der Waals surface area contributed by atoms with Crippen molar-refractivity contribution in [3.63, 3.8) is 0 Å². The summed E-state index contributed by atoms with van der Waals surface area (Å²) in [5.74, 6) is 1.84. The van der Waals surface area contributed by atoms with Crippen molar-refractivity contribution in [1.82, 2.24) is 15.1 Å². The minimum atomic E-state index is 0. The predicted molar refractivity (Wildman–Crippen MR) is 120 cm³/mol. The molecule has 2 fully saturated rings. The summed E-state index contributed by atoms with van der Waals surface area (Å²) in [4.78, 5) is 9.59. The standard InChI is InChI=1S/C21H30N4.HI/c1-22-21(23-15-17-9-12-25(16-17)20-7-8-20)24-13-10-19(11-14-24)18-5-3-2-4-6-18;/h2-6,10,17,20H,7-9,11-16H2,1H3,(H,22,23);1H. The van der Waals surface area contributed by atoms with Crippen molar-refractivity contribution in [3.8, 4) is 0 Å². The summed E-state index contributed by atoms with van der Waals surface area (Å²) in [6, 6.07) is 11.7. The molecule has 3 aliphatic rings. The Kier molecular flexibility index (Phi) is 6.98. The second-order valence-electron chi connectivity index (χ2n) is 7.60. The van der Waals surface area contributed by atoms with E-state index in [4.69, 9.17) is 0 Å². The van der Waals surface area contributed by atoms with Gasteiger partial charge >= 0.3 is 0 Å². The molecule has 1 aromatic carbocycles. The molecule has 1 unspecified atom stereocenters. The maximum absolute atomic E-state index is 4.53. The van der Waals surface area contributed by atoms with Crippen molar-refractivity contribution >= 4 is 35.5 Å². The molecule has 1 N–H and O–H groups in total. The van der Waals surface area contributed by atoms with Crippen LogP contribution in [0.15, 0.2) is 41.4 Å². The third kappa shape index (κ3) is 4.80. The van der Waals surface area contributed by atoms with Gasteiger partial charge < -0.3 is 15.1 Å². The number of nitrogens with zero attached hydrogens (tertiary/aromatic N) is 3. The number of guanidine groups is 1. The summed E-state index contributed by atoms with van der Waals surface area (Å²) in [5.41, 5.74) is 2.82. The van der Waals surface area contributed by atoms with Crippen LogP contribution in [-0.4, -0.2) is 61.6 Å². The Morgan fingerprint density at radius 2 is 1.96 bits per heavy atom. The van der Waals surface area contributed by atoms with Gasteiger partial charge in [-0.25, -0.2) is 0 Å². The minimum Gasteiger partial charge on any atom is -0.356 e. The number of halogens is 1. The second kappa shape index (κ2) is 9.22. The zero-order valence-electron chi connectivity index (χ0n) is 15.7. The molecule has 2 aliphatic heterocycles. The van der Waals surface area contributed by atoms with Gasteiger partial charge in [0.2, 0.25) is 0 Å². The molecule has 0 aromatic heterocycles. The molecule has 1 atom stereocenters. The Morgan fingerprint density at radius 3 is 2.62 bits per heavy atom. The highest BCUT2D eigenvalue weighted by molar-refractivity contribution is 14.0. The zero-order valence-corrected chi connectivity index (χ0v) is 18.1. The van der Waals surface area contributed by atoms with Gasteiger partial charge in [-0.3, -0.25) is 4.99 Å². The van der Waals surface area contributed by atoms with Crippen LogP contribution in [0.25, 0.3) is 5.57 Å². The molecule has 1 saturated heterocycles. The van der Waals surface area contributed by atoms with Gasteiger partial charge in [0.1, 0.15) is 0 Å². The van der Waals surface area contributed by atoms with E-state index in [0.29, 0.717) is 0 Å². The molecule has 1 saturated carbocycles. The maximum Gasteiger partial charge on any atom is 0.193 e. The molecule has 5 heteroatoms. The van der Waals surface area contributed by atoms with E-state index in [0.717, 1.165) is 44.0 Å². The van der Waals surface area contributed by atoms with Crippen LogP contribution in [-0.2, 0) is 0 Å². The molecule has 0 bridgehead atoms. The van der Waals surface area contributed by atoms with Crippen LogP contribution in [0.5, 0.6) is 0 Å². The molecule has 4 nitrogen and oxygen atoms in total. The summed E-state index contributed by atoms with van der Waals surface area (Å²) in [6.07, 6.45) is 7.62. The van der Waals surface area contributed by atoms with Crippen LogP contribution in [0.2, 0.25) is 0 Å². The van der Waals surface area contributed by atoms with Gasteiger partial charge in [0.05, 0.1) is 0 Å². The summed E-state index contributed by atoms with van der Waals surface area (Å²) < 4.78 is 0. The summed E-state index contributed by atoms with van der Waals surface area (Å²) in [5, 5.41) is 3.64. The average molecular weight is 466 g/mol. The predicted octanol–water partition coefficient (Wildman–Crippen LogP) is 3.45. The highest BCUT2D eigenvalue weighted by Crippen LogP contribution is 2.31. The Labute approximate surface area is 174 Å². The van der Waals surface area contributed by atoms with Gasteiger partial charge in [0.25, 0.3) is 0 Å². The number of nitrogens with one attached hydrogen (secondary N) is 1. The van der Waals surface area contributed by atoms with E-state index >= 15 is 0 Å². The van der Waals surface area contributed by atoms with E-state index in [1.54, 1.807) is 0 Å². The molecule has 1 aliphatic carbocycles. The Hall–Kier alpha value is -1.08. The molecule has 26 heavy (non-hydrogen) atoms. The van der Waals surface area contributed by atoms with E-state index in [1.807, 2.05) is 7.05 Å². The smallest absolute Gasteiger partial charge is 0.193 e. The van der Waals surface area contributed by atoms with Crippen LogP contribution in [0.3, 0.4) is 0 Å². The van der Waals surface area contributed by atoms with Crippen molar-refractivity contribution < 1.29 is 0 Å². The molecule has 4 rings (SSSR count). The lowest BCUT2D eigenvalue weighted by Crippen LogP contribution is -2.45. The maximum atomic E-state index is 4.53. The van der Waals surface area contributed by atoms with Crippen molar-refractivity contribution in [1.29, 1.82) is 0 Å². The van der Waals surface area contributed by atoms with Crippen molar-refractivity contribution in [2.45, 2.75) is 31.7 Å². The Morgan fingerprint density at radius 1 is 1.15 bits per heavy atom. The Bertz CT molecular complexity index is 639. The van der Waals surface area contributed by atoms with Crippen molar-refractivity contribution in [3.05, 3.63) is 42.0 Å². The number of hydrogen-bond acceptors (Lipinski definition) is 2. The third-order valence-corrected chi connectivity index (χ3v) is 5.79. The van der Waals surface area contributed by atoms with Gasteiger partial charge in [-0.1, -0.05) is 36.4 Å². The first kappa shape index (κ1) is 19.7. The normalized spacial score (nSPS) is 24.2. The molecular weight excluding hydrogens is 435 g/mol. The van der Waals surface area contributed by atoms with Gasteiger partial charge in [-0.15, -0.1) is 24.0 Å². The van der Waals surface area contributed by atoms with E-state index < -0.39 is 0 Å². The van der Waals surface area contributed by atoms with E-state index in [-0.39, 0.29) is 24.0 Å².